The number of aromatic amines is 1. The highest BCUT2D eigenvalue weighted by Crippen LogP contribution is 2.25. The smallest absolute Gasteiger partial charge is 0.258 e. The van der Waals surface area contributed by atoms with Crippen LogP contribution in [0.2, 0.25) is 0 Å². The van der Waals surface area contributed by atoms with Crippen LogP contribution in [0.25, 0.3) is 11.2 Å². The van der Waals surface area contributed by atoms with Crippen molar-refractivity contribution in [1.29, 1.82) is 0 Å². The Balaban J connectivity index is 1.55. The monoisotopic (exact) mass is 366 g/mol. The van der Waals surface area contributed by atoms with Crippen LogP contribution in [-0.4, -0.2) is 25.8 Å². The molecule has 0 spiro atoms. The summed E-state index contributed by atoms with van der Waals surface area (Å²) in [5, 5.41) is 5.32. The molecule has 3 N–H and O–H groups in total. The Morgan fingerprint density at radius 2 is 1.85 bits per heavy atom. The highest BCUT2D eigenvalue weighted by molar-refractivity contribution is 6.04. The molecule has 9 heteroatoms. The number of anilines is 3. The van der Waals surface area contributed by atoms with E-state index in [2.05, 4.69) is 30.6 Å². The van der Waals surface area contributed by atoms with Crippen molar-refractivity contribution in [3.63, 3.8) is 0 Å². The van der Waals surface area contributed by atoms with E-state index in [1.165, 1.54) is 43.0 Å². The first-order valence-electron chi connectivity index (χ1n) is 7.88. The number of imidazole rings is 1. The number of amides is 1. The van der Waals surface area contributed by atoms with Gasteiger partial charge in [-0.05, 0) is 30.3 Å². The molecule has 27 heavy (non-hydrogen) atoms. The van der Waals surface area contributed by atoms with Crippen LogP contribution in [0.4, 0.5) is 26.0 Å². The van der Waals surface area contributed by atoms with Crippen molar-refractivity contribution < 1.29 is 13.6 Å². The van der Waals surface area contributed by atoms with Crippen molar-refractivity contribution in [3.8, 4) is 0 Å². The molecule has 7 nitrogen and oxygen atoms in total. The second-order valence-corrected chi connectivity index (χ2v) is 5.58. The number of rotatable bonds is 4. The number of fused-ring (bicyclic) bond motifs is 1. The number of halogens is 2. The van der Waals surface area contributed by atoms with Crippen LogP contribution in [0.5, 0.6) is 0 Å². The summed E-state index contributed by atoms with van der Waals surface area (Å²) in [5.74, 6) is -1.57. The van der Waals surface area contributed by atoms with Gasteiger partial charge in [0.1, 0.15) is 23.5 Å². The molecular formula is C18H12F2N6O. The molecule has 4 aromatic rings. The first-order chi connectivity index (χ1) is 13.1. The molecule has 0 atom stereocenters. The number of nitrogens with one attached hydrogen (secondary N) is 3. The van der Waals surface area contributed by atoms with Gasteiger partial charge in [-0.2, -0.15) is 0 Å². The standard InChI is InChI=1S/C18H12F2N6O/c19-12-4-2-1-3-11(12)18(27)25-10-5-6-14(13(20)7-10)26-17-15-16(22-8-21-15)23-9-24-17/h1-9H,(H,25,27)(H2,21,22,23,24,26). The predicted octanol–water partition coefficient (Wildman–Crippen LogP) is 3.63. The molecule has 134 valence electrons. The number of benzene rings is 2. The molecule has 0 saturated heterocycles. The minimum Gasteiger partial charge on any atom is -0.340 e. The highest BCUT2D eigenvalue weighted by atomic mass is 19.1. The van der Waals surface area contributed by atoms with Crippen LogP contribution in [-0.2, 0) is 0 Å². The van der Waals surface area contributed by atoms with Gasteiger partial charge in [0.05, 0.1) is 17.6 Å². The average molecular weight is 366 g/mol. The highest BCUT2D eigenvalue weighted by Gasteiger charge is 2.13. The third-order valence-electron chi connectivity index (χ3n) is 3.82. The number of carbonyl (C=O) groups excluding carboxylic acids is 1. The summed E-state index contributed by atoms with van der Waals surface area (Å²) in [7, 11) is 0. The molecule has 2 aromatic heterocycles. The van der Waals surface area contributed by atoms with Crippen LogP contribution in [0.15, 0.2) is 55.1 Å². The Morgan fingerprint density at radius 1 is 1.00 bits per heavy atom. The van der Waals surface area contributed by atoms with E-state index in [1.807, 2.05) is 0 Å². The van der Waals surface area contributed by atoms with Gasteiger partial charge in [-0.15, -0.1) is 0 Å². The molecule has 0 aliphatic carbocycles. The number of nitrogens with zero attached hydrogens (tertiary/aromatic N) is 3. The molecule has 0 aliphatic rings. The van der Waals surface area contributed by atoms with Gasteiger partial charge in [0.25, 0.3) is 5.91 Å². The summed E-state index contributed by atoms with van der Waals surface area (Å²) in [5.41, 5.74) is 1.20. The quantitative estimate of drug-likeness (QED) is 0.513. The molecule has 0 unspecified atom stereocenters. The Hall–Kier alpha value is -3.88. The fourth-order valence-electron chi connectivity index (χ4n) is 2.53. The number of hydrogen-bond donors (Lipinski definition) is 3. The Morgan fingerprint density at radius 3 is 2.67 bits per heavy atom. The Kier molecular flexibility index (Phi) is 4.17. The molecule has 2 aromatic carbocycles. The van der Waals surface area contributed by atoms with E-state index in [4.69, 9.17) is 0 Å². The molecule has 4 rings (SSSR count). The molecule has 0 fully saturated rings. The summed E-state index contributed by atoms with van der Waals surface area (Å²) in [6.07, 6.45) is 2.77. The predicted molar refractivity (Wildman–Crippen MR) is 95.7 cm³/mol. The van der Waals surface area contributed by atoms with E-state index in [9.17, 15) is 13.6 Å². The summed E-state index contributed by atoms with van der Waals surface area (Å²) >= 11 is 0. The van der Waals surface area contributed by atoms with Gasteiger partial charge in [0, 0.05) is 5.69 Å². The van der Waals surface area contributed by atoms with Gasteiger partial charge in [-0.3, -0.25) is 4.79 Å². The molecule has 0 bridgehead atoms. The number of aromatic nitrogens is 4. The maximum Gasteiger partial charge on any atom is 0.258 e. The van der Waals surface area contributed by atoms with Crippen LogP contribution < -0.4 is 10.6 Å². The number of H-pyrrole nitrogens is 1. The third-order valence-corrected chi connectivity index (χ3v) is 3.82. The van der Waals surface area contributed by atoms with Crippen LogP contribution in [0, 0.1) is 11.6 Å². The molecular weight excluding hydrogens is 354 g/mol. The van der Waals surface area contributed by atoms with Crippen molar-refractivity contribution in [3.05, 3.63) is 72.3 Å². The van der Waals surface area contributed by atoms with E-state index in [0.29, 0.717) is 17.0 Å². The Bertz CT molecular complexity index is 1140. The minimum atomic E-state index is -0.664. The SMILES string of the molecule is O=C(Nc1ccc(Nc2ncnc3nc[nH]c23)c(F)c1)c1ccccc1F. The summed E-state index contributed by atoms with van der Waals surface area (Å²) < 4.78 is 28.1. The fraction of sp³-hybridized carbons (Fsp3) is 0. The van der Waals surface area contributed by atoms with Crippen LogP contribution in [0.3, 0.4) is 0 Å². The lowest BCUT2D eigenvalue weighted by Crippen LogP contribution is -2.13. The summed E-state index contributed by atoms with van der Waals surface area (Å²) in [4.78, 5) is 27.1. The van der Waals surface area contributed by atoms with Crippen molar-refractivity contribution in [2.24, 2.45) is 0 Å². The molecule has 2 heterocycles. The van der Waals surface area contributed by atoms with E-state index in [-0.39, 0.29) is 16.9 Å². The topological polar surface area (TPSA) is 95.6 Å². The largest absolute Gasteiger partial charge is 0.340 e. The third kappa shape index (κ3) is 3.30. The second kappa shape index (κ2) is 6.79. The van der Waals surface area contributed by atoms with Gasteiger partial charge < -0.3 is 15.6 Å². The van der Waals surface area contributed by atoms with Crippen molar-refractivity contribution in [2.75, 3.05) is 10.6 Å². The fourth-order valence-corrected chi connectivity index (χ4v) is 2.53. The first kappa shape index (κ1) is 16.6. The van der Waals surface area contributed by atoms with Gasteiger partial charge in [-0.1, -0.05) is 12.1 Å². The number of carbonyl (C=O) groups is 1. The van der Waals surface area contributed by atoms with Crippen molar-refractivity contribution in [2.45, 2.75) is 0 Å². The van der Waals surface area contributed by atoms with Gasteiger partial charge in [-0.25, -0.2) is 23.7 Å². The minimum absolute atomic E-state index is 0.122. The van der Waals surface area contributed by atoms with Gasteiger partial charge in [0.2, 0.25) is 0 Å². The van der Waals surface area contributed by atoms with E-state index >= 15 is 0 Å². The zero-order chi connectivity index (χ0) is 18.8. The molecule has 0 aliphatic heterocycles. The maximum atomic E-state index is 14.4. The molecule has 0 saturated carbocycles. The van der Waals surface area contributed by atoms with Crippen LogP contribution >= 0.6 is 0 Å². The summed E-state index contributed by atoms with van der Waals surface area (Å²) in [6.45, 7) is 0. The normalized spacial score (nSPS) is 10.7. The molecule has 1 amide bonds. The Labute approximate surface area is 151 Å². The van der Waals surface area contributed by atoms with E-state index in [1.54, 1.807) is 6.07 Å². The number of hydrogen-bond acceptors (Lipinski definition) is 5. The van der Waals surface area contributed by atoms with Gasteiger partial charge >= 0.3 is 0 Å². The van der Waals surface area contributed by atoms with Crippen molar-refractivity contribution in [1.82, 2.24) is 19.9 Å². The lowest BCUT2D eigenvalue weighted by molar-refractivity contribution is 0.102. The first-order valence-corrected chi connectivity index (χ1v) is 7.88. The maximum absolute atomic E-state index is 14.4. The lowest BCUT2D eigenvalue weighted by atomic mass is 10.2. The molecule has 0 radical (unpaired) electrons. The van der Waals surface area contributed by atoms with E-state index in [0.717, 1.165) is 6.07 Å². The lowest BCUT2D eigenvalue weighted by Gasteiger charge is -2.10. The summed E-state index contributed by atoms with van der Waals surface area (Å²) in [6, 6.07) is 9.63. The van der Waals surface area contributed by atoms with Crippen LogP contribution in [0.1, 0.15) is 10.4 Å². The van der Waals surface area contributed by atoms with Gasteiger partial charge in [0.15, 0.2) is 11.5 Å². The van der Waals surface area contributed by atoms with Crippen molar-refractivity contribution >= 4 is 34.3 Å². The second-order valence-electron chi connectivity index (χ2n) is 5.58. The zero-order valence-corrected chi connectivity index (χ0v) is 13.7. The zero-order valence-electron chi connectivity index (χ0n) is 13.7. The van der Waals surface area contributed by atoms with E-state index < -0.39 is 17.5 Å². The average Bonchev–Trinajstić information content (AvgIpc) is 3.14.